The van der Waals surface area contributed by atoms with Crippen molar-refractivity contribution in [2.24, 2.45) is 10.2 Å². The molecule has 0 atom stereocenters. The number of thiophene rings is 1. The molecule has 1 aromatic heterocycles. The van der Waals surface area contributed by atoms with E-state index in [0.717, 1.165) is 28.4 Å². The summed E-state index contributed by atoms with van der Waals surface area (Å²) in [7, 11) is 0. The highest BCUT2D eigenvalue weighted by atomic mass is 32.1. The van der Waals surface area contributed by atoms with E-state index in [9.17, 15) is 0 Å². The van der Waals surface area contributed by atoms with Gasteiger partial charge in [0.25, 0.3) is 0 Å². The summed E-state index contributed by atoms with van der Waals surface area (Å²) < 4.78 is 27.8. The molecule has 0 radical (unpaired) electrons. The highest BCUT2D eigenvalue weighted by Crippen LogP contribution is 2.22. The molecule has 0 fully saturated rings. The second-order valence-corrected chi connectivity index (χ2v) is 7.73. The normalized spacial score (nSPS) is 11.2. The van der Waals surface area contributed by atoms with Gasteiger partial charge >= 0.3 is 0 Å². The largest absolute Gasteiger partial charge is 0.491 e. The molecule has 2 aromatic carbocycles. The van der Waals surface area contributed by atoms with Gasteiger partial charge in [0.05, 0.1) is 51.0 Å². The molecule has 8 heteroatoms. The van der Waals surface area contributed by atoms with Crippen LogP contribution in [0.4, 0.5) is 11.4 Å². The van der Waals surface area contributed by atoms with E-state index < -0.39 is 0 Å². The Morgan fingerprint density at radius 2 is 1.15 bits per heavy atom. The van der Waals surface area contributed by atoms with E-state index in [4.69, 9.17) is 23.7 Å². The summed E-state index contributed by atoms with van der Waals surface area (Å²) in [5, 5.41) is 12.5. The van der Waals surface area contributed by atoms with Gasteiger partial charge in [0, 0.05) is 10.9 Å². The quantitative estimate of drug-likeness (QED) is 0.190. The van der Waals surface area contributed by atoms with E-state index in [1.54, 1.807) is 11.3 Å². The van der Waals surface area contributed by atoms with Gasteiger partial charge in [-0.25, -0.2) is 0 Å². The minimum absolute atomic E-state index is 0.470. The smallest absolute Gasteiger partial charge is 0.132 e. The lowest BCUT2D eigenvalue weighted by Gasteiger charge is -2.09. The van der Waals surface area contributed by atoms with Crippen molar-refractivity contribution in [1.82, 2.24) is 0 Å². The maximum Gasteiger partial charge on any atom is 0.132 e. The van der Waals surface area contributed by atoms with E-state index in [1.165, 1.54) is 0 Å². The molecule has 0 aliphatic rings. The molecule has 7 nitrogen and oxygen atoms in total. The van der Waals surface area contributed by atoms with Crippen LogP contribution in [0.2, 0.25) is 0 Å². The van der Waals surface area contributed by atoms with Crippen molar-refractivity contribution in [1.29, 1.82) is 0 Å². The molecule has 0 saturated heterocycles. The Kier molecular flexibility index (Phi) is 11.4. The molecule has 0 saturated carbocycles. The molecule has 33 heavy (non-hydrogen) atoms. The van der Waals surface area contributed by atoms with Gasteiger partial charge in [-0.3, -0.25) is 0 Å². The molecule has 3 aromatic rings. The van der Waals surface area contributed by atoms with Gasteiger partial charge in [-0.05, 0) is 48.7 Å². The minimum atomic E-state index is 0.470. The van der Waals surface area contributed by atoms with E-state index in [2.05, 4.69) is 15.6 Å². The molecule has 0 spiro atoms. The average Bonchev–Trinajstić information content (AvgIpc) is 3.26. The van der Waals surface area contributed by atoms with E-state index >= 15 is 0 Å². The van der Waals surface area contributed by atoms with Gasteiger partial charge in [0.2, 0.25) is 0 Å². The lowest BCUT2D eigenvalue weighted by molar-refractivity contribution is 0.00498. The maximum atomic E-state index is 5.67. The standard InChI is InChI=1S/C25H30N2O5S/c1-21-19-33-20-25(21)32-18-16-30-14-12-28-11-13-29-15-17-31-24-9-7-23(8-10-24)27-26-22-5-3-2-4-6-22/h2-10,19-20H,11-18H2,1H3. The van der Waals surface area contributed by atoms with E-state index in [-0.39, 0.29) is 0 Å². The zero-order valence-corrected chi connectivity index (χ0v) is 19.7. The summed E-state index contributed by atoms with van der Waals surface area (Å²) in [4.78, 5) is 0. The van der Waals surface area contributed by atoms with Crippen LogP contribution in [-0.4, -0.2) is 52.9 Å². The number of aryl methyl sites for hydroxylation is 1. The van der Waals surface area contributed by atoms with Crippen LogP contribution in [0.5, 0.6) is 11.5 Å². The van der Waals surface area contributed by atoms with Crippen LogP contribution in [0, 0.1) is 6.92 Å². The van der Waals surface area contributed by atoms with Crippen molar-refractivity contribution in [2.45, 2.75) is 6.92 Å². The zero-order valence-electron chi connectivity index (χ0n) is 18.9. The minimum Gasteiger partial charge on any atom is -0.491 e. The average molecular weight is 471 g/mol. The molecular weight excluding hydrogens is 440 g/mol. The molecule has 0 unspecified atom stereocenters. The van der Waals surface area contributed by atoms with Crippen LogP contribution in [0.3, 0.4) is 0 Å². The third-order valence-electron chi connectivity index (χ3n) is 4.41. The highest BCUT2D eigenvalue weighted by molar-refractivity contribution is 7.08. The fraction of sp³-hybridized carbons (Fsp3) is 0.360. The van der Waals surface area contributed by atoms with Crippen LogP contribution in [0.15, 0.2) is 75.6 Å². The first-order valence-corrected chi connectivity index (χ1v) is 11.8. The van der Waals surface area contributed by atoms with E-state index in [1.807, 2.05) is 66.9 Å². The Morgan fingerprint density at radius 3 is 1.73 bits per heavy atom. The molecule has 3 rings (SSSR count). The first-order chi connectivity index (χ1) is 16.3. The maximum absolute atomic E-state index is 5.67. The van der Waals surface area contributed by atoms with Crippen molar-refractivity contribution in [2.75, 3.05) is 52.9 Å². The predicted molar refractivity (Wildman–Crippen MR) is 130 cm³/mol. The monoisotopic (exact) mass is 470 g/mol. The van der Waals surface area contributed by atoms with Gasteiger partial charge in [0.1, 0.15) is 24.7 Å². The Morgan fingerprint density at radius 1 is 0.606 bits per heavy atom. The summed E-state index contributed by atoms with van der Waals surface area (Å²) in [6.07, 6.45) is 0. The molecule has 0 amide bonds. The Balaban J connectivity index is 1.13. The van der Waals surface area contributed by atoms with Crippen LogP contribution in [0.1, 0.15) is 5.56 Å². The number of rotatable bonds is 16. The number of ether oxygens (including phenoxy) is 5. The van der Waals surface area contributed by atoms with Crippen LogP contribution in [-0.2, 0) is 14.2 Å². The molecule has 0 aliphatic heterocycles. The Hall–Kier alpha value is -2.78. The van der Waals surface area contributed by atoms with Crippen molar-refractivity contribution >= 4 is 22.7 Å². The van der Waals surface area contributed by atoms with Gasteiger partial charge in [-0.15, -0.1) is 11.3 Å². The van der Waals surface area contributed by atoms with Crippen molar-refractivity contribution in [3.05, 3.63) is 70.9 Å². The first kappa shape index (κ1) is 24.9. The number of azo groups is 1. The lowest BCUT2D eigenvalue weighted by atomic mass is 10.3. The lowest BCUT2D eigenvalue weighted by Crippen LogP contribution is -2.14. The molecule has 0 bridgehead atoms. The van der Waals surface area contributed by atoms with Crippen LogP contribution in [0.25, 0.3) is 0 Å². The van der Waals surface area contributed by atoms with Crippen LogP contribution < -0.4 is 9.47 Å². The number of benzene rings is 2. The molecule has 0 aliphatic carbocycles. The van der Waals surface area contributed by atoms with Crippen molar-refractivity contribution in [3.63, 3.8) is 0 Å². The Labute approximate surface area is 198 Å². The van der Waals surface area contributed by atoms with Gasteiger partial charge in [-0.1, -0.05) is 18.2 Å². The van der Waals surface area contributed by atoms with Gasteiger partial charge in [0.15, 0.2) is 0 Å². The summed E-state index contributed by atoms with van der Waals surface area (Å²) in [6.45, 7) is 6.20. The number of hydrogen-bond donors (Lipinski definition) is 0. The molecule has 1 heterocycles. The topological polar surface area (TPSA) is 70.9 Å². The summed E-state index contributed by atoms with van der Waals surface area (Å²) in [5.74, 6) is 1.70. The zero-order chi connectivity index (χ0) is 23.0. The van der Waals surface area contributed by atoms with Crippen LogP contribution >= 0.6 is 11.3 Å². The first-order valence-electron chi connectivity index (χ1n) is 10.9. The highest BCUT2D eigenvalue weighted by Gasteiger charge is 2.00. The predicted octanol–water partition coefficient (Wildman–Crippen LogP) is 5.98. The Bertz CT molecular complexity index is 931. The summed E-state index contributed by atoms with van der Waals surface area (Å²) in [6, 6.07) is 17.1. The summed E-state index contributed by atoms with van der Waals surface area (Å²) in [5.41, 5.74) is 2.75. The van der Waals surface area contributed by atoms with Crippen molar-refractivity contribution in [3.8, 4) is 11.5 Å². The number of hydrogen-bond acceptors (Lipinski definition) is 8. The molecule has 176 valence electrons. The van der Waals surface area contributed by atoms with E-state index in [0.29, 0.717) is 52.9 Å². The fourth-order valence-corrected chi connectivity index (χ4v) is 3.45. The molecular formula is C25H30N2O5S. The second-order valence-electron chi connectivity index (χ2n) is 6.98. The SMILES string of the molecule is Cc1cscc1OCCOCCOCCOCCOc1ccc(N=Nc2ccccc2)cc1. The second kappa shape index (κ2) is 15.1. The summed E-state index contributed by atoms with van der Waals surface area (Å²) >= 11 is 1.64. The third kappa shape index (κ3) is 10.1. The fourth-order valence-electron chi connectivity index (χ4n) is 2.69. The molecule has 0 N–H and O–H groups in total. The number of nitrogens with zero attached hydrogens (tertiary/aromatic N) is 2. The van der Waals surface area contributed by atoms with Gasteiger partial charge in [-0.2, -0.15) is 10.2 Å². The third-order valence-corrected chi connectivity index (χ3v) is 5.25. The van der Waals surface area contributed by atoms with Gasteiger partial charge < -0.3 is 23.7 Å². The van der Waals surface area contributed by atoms with Crippen molar-refractivity contribution < 1.29 is 23.7 Å².